The Balaban J connectivity index is 2.77. The van der Waals surface area contributed by atoms with Gasteiger partial charge < -0.3 is 4.74 Å². The van der Waals surface area contributed by atoms with Gasteiger partial charge in [0.1, 0.15) is 10.4 Å². The van der Waals surface area contributed by atoms with Gasteiger partial charge in [-0.05, 0) is 22.0 Å². The molecule has 66 valence electrons. The molecule has 6 heteroatoms. The molecule has 0 N–H and O–H groups in total. The molecular formula is C6H3BrF3NO. The van der Waals surface area contributed by atoms with E-state index in [0.29, 0.717) is 4.60 Å². The quantitative estimate of drug-likeness (QED) is 0.706. The Morgan fingerprint density at radius 3 is 2.58 bits per heavy atom. The van der Waals surface area contributed by atoms with Gasteiger partial charge in [0.15, 0.2) is 0 Å². The molecule has 0 bridgehead atoms. The van der Waals surface area contributed by atoms with Crippen LogP contribution in [0.2, 0.25) is 0 Å². The van der Waals surface area contributed by atoms with Crippen molar-refractivity contribution >= 4 is 15.9 Å². The lowest BCUT2D eigenvalue weighted by Crippen LogP contribution is -2.17. The van der Waals surface area contributed by atoms with Gasteiger partial charge in [-0.3, -0.25) is 0 Å². The summed E-state index contributed by atoms with van der Waals surface area (Å²) in [6, 6.07) is 2.26. The first-order valence-electron chi connectivity index (χ1n) is 2.85. The van der Waals surface area contributed by atoms with E-state index in [-0.39, 0.29) is 5.75 Å². The first kappa shape index (κ1) is 9.31. The van der Waals surface area contributed by atoms with Crippen LogP contribution in [0, 0.1) is 0 Å². The molecule has 0 aliphatic carbocycles. The van der Waals surface area contributed by atoms with Crippen LogP contribution in [0.25, 0.3) is 0 Å². The summed E-state index contributed by atoms with van der Waals surface area (Å²) >= 11 is 2.91. The summed E-state index contributed by atoms with van der Waals surface area (Å²) in [4.78, 5) is 3.64. The van der Waals surface area contributed by atoms with Crippen molar-refractivity contribution < 1.29 is 17.9 Å². The molecule has 0 aromatic carbocycles. The van der Waals surface area contributed by atoms with Gasteiger partial charge in [-0.25, -0.2) is 4.98 Å². The van der Waals surface area contributed by atoms with E-state index in [1.165, 1.54) is 6.20 Å². The summed E-state index contributed by atoms with van der Waals surface area (Å²) in [5, 5.41) is 0. The second kappa shape index (κ2) is 3.30. The van der Waals surface area contributed by atoms with Gasteiger partial charge in [-0.1, -0.05) is 0 Å². The van der Waals surface area contributed by atoms with Crippen molar-refractivity contribution in [3.8, 4) is 5.75 Å². The molecule has 0 radical (unpaired) electrons. The maximum absolute atomic E-state index is 11.6. The van der Waals surface area contributed by atoms with Gasteiger partial charge in [0, 0.05) is 12.3 Å². The largest absolute Gasteiger partial charge is 0.573 e. The molecule has 2 nitrogen and oxygen atoms in total. The van der Waals surface area contributed by atoms with E-state index in [0.717, 1.165) is 12.1 Å². The number of rotatable bonds is 1. The number of nitrogens with zero attached hydrogens (tertiary/aromatic N) is 1. The standard InChI is InChI=1S/C6H3BrF3NO/c7-5-3-4(1-2-11-5)12-6(8,9)10/h1-3H. The van der Waals surface area contributed by atoms with Crippen LogP contribution < -0.4 is 4.74 Å². The summed E-state index contributed by atoms with van der Waals surface area (Å²) in [6.45, 7) is 0. The van der Waals surface area contributed by atoms with Gasteiger partial charge in [-0.2, -0.15) is 0 Å². The van der Waals surface area contributed by atoms with E-state index in [1.807, 2.05) is 0 Å². The fourth-order valence-electron chi connectivity index (χ4n) is 0.582. The molecule has 0 spiro atoms. The molecule has 1 heterocycles. The topological polar surface area (TPSA) is 22.1 Å². The van der Waals surface area contributed by atoms with Gasteiger partial charge in [0.05, 0.1) is 0 Å². The first-order chi connectivity index (χ1) is 5.47. The molecule has 0 saturated carbocycles. The normalized spacial score (nSPS) is 11.3. The molecule has 0 saturated heterocycles. The van der Waals surface area contributed by atoms with Gasteiger partial charge in [0.2, 0.25) is 0 Å². The minimum Gasteiger partial charge on any atom is -0.406 e. The Kier molecular flexibility index (Phi) is 2.56. The minimum absolute atomic E-state index is 0.288. The Labute approximate surface area is 74.5 Å². The Morgan fingerprint density at radius 1 is 1.42 bits per heavy atom. The van der Waals surface area contributed by atoms with Gasteiger partial charge >= 0.3 is 6.36 Å². The lowest BCUT2D eigenvalue weighted by Gasteiger charge is -2.07. The third-order valence-electron chi connectivity index (χ3n) is 0.932. The highest BCUT2D eigenvalue weighted by molar-refractivity contribution is 9.10. The highest BCUT2D eigenvalue weighted by Crippen LogP contribution is 2.23. The van der Waals surface area contributed by atoms with Crippen LogP contribution in [0.15, 0.2) is 22.9 Å². The van der Waals surface area contributed by atoms with Crippen LogP contribution >= 0.6 is 15.9 Å². The number of hydrogen-bond donors (Lipinski definition) is 0. The third-order valence-corrected chi connectivity index (χ3v) is 1.37. The zero-order chi connectivity index (χ0) is 9.19. The SMILES string of the molecule is FC(F)(F)Oc1ccnc(Br)c1. The lowest BCUT2D eigenvalue weighted by molar-refractivity contribution is -0.274. The Bertz CT molecular complexity index is 276. The molecule has 12 heavy (non-hydrogen) atoms. The minimum atomic E-state index is -4.65. The van der Waals surface area contributed by atoms with Gasteiger partial charge in [-0.15, -0.1) is 13.2 Å². The van der Waals surface area contributed by atoms with Crippen molar-refractivity contribution in [3.05, 3.63) is 22.9 Å². The number of pyridine rings is 1. The van der Waals surface area contributed by atoms with Crippen LogP contribution in [-0.4, -0.2) is 11.3 Å². The molecule has 0 amide bonds. The highest BCUT2D eigenvalue weighted by Gasteiger charge is 2.31. The molecule has 0 atom stereocenters. The maximum Gasteiger partial charge on any atom is 0.573 e. The van der Waals surface area contributed by atoms with Crippen LogP contribution in [0.4, 0.5) is 13.2 Å². The lowest BCUT2D eigenvalue weighted by atomic mass is 10.5. The van der Waals surface area contributed by atoms with E-state index in [9.17, 15) is 13.2 Å². The monoisotopic (exact) mass is 241 g/mol. The van der Waals surface area contributed by atoms with Crippen molar-refractivity contribution in [1.29, 1.82) is 0 Å². The number of halogens is 4. The summed E-state index contributed by atoms with van der Waals surface area (Å²) in [5.74, 6) is -0.288. The van der Waals surface area contributed by atoms with Crippen LogP contribution in [0.5, 0.6) is 5.75 Å². The molecule has 1 rings (SSSR count). The number of hydrogen-bond acceptors (Lipinski definition) is 2. The highest BCUT2D eigenvalue weighted by atomic mass is 79.9. The Hall–Kier alpha value is -0.780. The molecule has 0 aliphatic heterocycles. The van der Waals surface area contributed by atoms with Crippen molar-refractivity contribution in [1.82, 2.24) is 4.98 Å². The first-order valence-corrected chi connectivity index (χ1v) is 3.64. The number of alkyl halides is 3. The average Bonchev–Trinajstić information content (AvgIpc) is 1.82. The van der Waals surface area contributed by atoms with Crippen LogP contribution in [-0.2, 0) is 0 Å². The third kappa shape index (κ3) is 3.08. The second-order valence-electron chi connectivity index (χ2n) is 1.86. The van der Waals surface area contributed by atoms with Crippen molar-refractivity contribution in [2.45, 2.75) is 6.36 Å². The molecule has 0 unspecified atom stereocenters. The second-order valence-corrected chi connectivity index (χ2v) is 2.67. The zero-order valence-electron chi connectivity index (χ0n) is 5.60. The Morgan fingerprint density at radius 2 is 2.08 bits per heavy atom. The fraction of sp³-hybridized carbons (Fsp3) is 0.167. The number of aromatic nitrogens is 1. The molecule has 1 aromatic heterocycles. The zero-order valence-corrected chi connectivity index (χ0v) is 7.19. The van der Waals surface area contributed by atoms with Crippen LogP contribution in [0.1, 0.15) is 0 Å². The fourth-order valence-corrected chi connectivity index (χ4v) is 0.926. The van der Waals surface area contributed by atoms with Gasteiger partial charge in [0.25, 0.3) is 0 Å². The van der Waals surface area contributed by atoms with E-state index in [1.54, 1.807) is 0 Å². The van der Waals surface area contributed by atoms with E-state index < -0.39 is 6.36 Å². The number of ether oxygens (including phenoxy) is 1. The summed E-state index contributed by atoms with van der Waals surface area (Å²) in [7, 11) is 0. The van der Waals surface area contributed by atoms with Crippen molar-refractivity contribution in [2.24, 2.45) is 0 Å². The summed E-state index contributed by atoms with van der Waals surface area (Å²) in [6.07, 6.45) is -3.44. The predicted molar refractivity (Wildman–Crippen MR) is 38.6 cm³/mol. The smallest absolute Gasteiger partial charge is 0.406 e. The molecule has 0 fully saturated rings. The van der Waals surface area contributed by atoms with E-state index in [2.05, 4.69) is 25.7 Å². The maximum atomic E-state index is 11.6. The molecular weight excluding hydrogens is 239 g/mol. The molecule has 0 aliphatic rings. The average molecular weight is 242 g/mol. The van der Waals surface area contributed by atoms with E-state index >= 15 is 0 Å². The van der Waals surface area contributed by atoms with E-state index in [4.69, 9.17) is 0 Å². The van der Waals surface area contributed by atoms with Crippen LogP contribution in [0.3, 0.4) is 0 Å². The summed E-state index contributed by atoms with van der Waals surface area (Å²) < 4.78 is 38.8. The molecule has 1 aromatic rings. The predicted octanol–water partition coefficient (Wildman–Crippen LogP) is 2.74. The summed E-state index contributed by atoms with van der Waals surface area (Å²) in [5.41, 5.74) is 0. The van der Waals surface area contributed by atoms with Crippen molar-refractivity contribution in [2.75, 3.05) is 0 Å². The van der Waals surface area contributed by atoms with Crippen molar-refractivity contribution in [3.63, 3.8) is 0 Å².